The number of amides is 2. The molecule has 9 nitrogen and oxygen atoms in total. The number of sulfonamides is 1. The molecule has 1 atom stereocenters. The number of nitrogens with one attached hydrogen (secondary N) is 1. The van der Waals surface area contributed by atoms with E-state index in [-0.39, 0.29) is 29.1 Å². The summed E-state index contributed by atoms with van der Waals surface area (Å²) in [5.41, 5.74) is 2.63. The molecule has 1 aliphatic carbocycles. The van der Waals surface area contributed by atoms with Crippen LogP contribution in [-0.2, 0) is 26.2 Å². The molecule has 0 saturated heterocycles. The zero-order valence-electron chi connectivity index (χ0n) is 26.5. The fourth-order valence-electron chi connectivity index (χ4n) is 5.69. The first-order valence-electron chi connectivity index (χ1n) is 15.1. The van der Waals surface area contributed by atoms with Gasteiger partial charge in [-0.2, -0.15) is 0 Å². The number of aryl methyl sites for hydroxylation is 2. The van der Waals surface area contributed by atoms with Crippen LogP contribution in [0.5, 0.6) is 11.5 Å². The highest BCUT2D eigenvalue weighted by molar-refractivity contribution is 7.92. The maximum absolute atomic E-state index is 14.3. The number of methoxy groups -OCH3 is 2. The zero-order valence-corrected chi connectivity index (χ0v) is 28.1. The molecule has 1 aliphatic rings. The molecule has 0 aliphatic heterocycles. The molecule has 0 aromatic heterocycles. The van der Waals surface area contributed by atoms with E-state index in [2.05, 4.69) is 5.32 Å². The Morgan fingerprint density at radius 1 is 0.933 bits per heavy atom. The van der Waals surface area contributed by atoms with Crippen LogP contribution in [0.15, 0.2) is 65.6 Å². The molecule has 0 spiro atoms. The number of carbonyl (C=O) groups excluding carboxylic acids is 2. The van der Waals surface area contributed by atoms with Crippen LogP contribution < -0.4 is 19.1 Å². The van der Waals surface area contributed by atoms with Crippen molar-refractivity contribution in [3.05, 3.63) is 82.4 Å². The fraction of sp³-hybridized carbons (Fsp3) is 0.412. The van der Waals surface area contributed by atoms with Crippen LogP contribution in [0.4, 0.5) is 5.69 Å². The zero-order chi connectivity index (χ0) is 32.7. The van der Waals surface area contributed by atoms with E-state index < -0.39 is 28.5 Å². The molecule has 2 amide bonds. The Labute approximate surface area is 271 Å². The number of benzene rings is 3. The van der Waals surface area contributed by atoms with Crippen LogP contribution in [0.25, 0.3) is 0 Å². The van der Waals surface area contributed by atoms with Crippen molar-refractivity contribution < 1.29 is 27.5 Å². The summed E-state index contributed by atoms with van der Waals surface area (Å²) < 4.78 is 40.4. The third-order valence-electron chi connectivity index (χ3n) is 8.13. The lowest BCUT2D eigenvalue weighted by Crippen LogP contribution is -2.53. The van der Waals surface area contributed by atoms with Gasteiger partial charge in [-0.15, -0.1) is 0 Å². The van der Waals surface area contributed by atoms with E-state index in [0.29, 0.717) is 22.0 Å². The first kappa shape index (κ1) is 34.1. The van der Waals surface area contributed by atoms with E-state index in [0.717, 1.165) is 47.5 Å². The largest absolute Gasteiger partial charge is 0.493 e. The first-order chi connectivity index (χ1) is 21.4. The van der Waals surface area contributed by atoms with Gasteiger partial charge in [0.25, 0.3) is 10.0 Å². The summed E-state index contributed by atoms with van der Waals surface area (Å²) in [5, 5.41) is 3.55. The van der Waals surface area contributed by atoms with E-state index in [9.17, 15) is 18.0 Å². The Hall–Kier alpha value is -3.76. The molecule has 3 aromatic carbocycles. The molecule has 0 bridgehead atoms. The lowest BCUT2D eigenvalue weighted by molar-refractivity contribution is -0.139. The van der Waals surface area contributed by atoms with Crippen molar-refractivity contribution in [1.29, 1.82) is 0 Å². The summed E-state index contributed by atoms with van der Waals surface area (Å²) in [7, 11) is -1.41. The standard InChI is InChI=1S/C34H42ClN3O6S/c1-23-17-24(2)19-28(18-23)38(45(41,42)29-15-16-31(43-4)32(20-29)44-5)22-33(39)37(21-26-11-9-10-14-30(26)35)25(3)34(40)36-27-12-7-6-8-13-27/h9-11,14-20,25,27H,6-8,12-13,21-22H2,1-5H3,(H,36,40)/t25-/m0/s1. The van der Waals surface area contributed by atoms with Crippen LogP contribution in [0.1, 0.15) is 55.7 Å². The van der Waals surface area contributed by atoms with Gasteiger partial charge in [0.15, 0.2) is 11.5 Å². The predicted octanol–water partition coefficient (Wildman–Crippen LogP) is 6.04. The van der Waals surface area contributed by atoms with Gasteiger partial charge in [-0.1, -0.05) is 55.1 Å². The fourth-order valence-corrected chi connectivity index (χ4v) is 7.30. The summed E-state index contributed by atoms with van der Waals surface area (Å²) in [6.45, 7) is 4.86. The summed E-state index contributed by atoms with van der Waals surface area (Å²) >= 11 is 6.49. The predicted molar refractivity (Wildman–Crippen MR) is 176 cm³/mol. The van der Waals surface area contributed by atoms with Crippen molar-refractivity contribution >= 4 is 39.1 Å². The van der Waals surface area contributed by atoms with Crippen molar-refractivity contribution in [3.8, 4) is 11.5 Å². The van der Waals surface area contributed by atoms with Gasteiger partial charge >= 0.3 is 0 Å². The van der Waals surface area contributed by atoms with Crippen molar-refractivity contribution in [1.82, 2.24) is 10.2 Å². The first-order valence-corrected chi connectivity index (χ1v) is 16.9. The topological polar surface area (TPSA) is 105 Å². The van der Waals surface area contributed by atoms with E-state index >= 15 is 0 Å². The second-order valence-corrected chi connectivity index (χ2v) is 13.8. The van der Waals surface area contributed by atoms with Gasteiger partial charge < -0.3 is 19.7 Å². The molecule has 0 radical (unpaired) electrons. The molecule has 0 unspecified atom stereocenters. The monoisotopic (exact) mass is 655 g/mol. The molecule has 11 heteroatoms. The second kappa shape index (κ2) is 15.0. The maximum atomic E-state index is 14.3. The Bertz CT molecular complexity index is 1600. The Morgan fingerprint density at radius 2 is 1.58 bits per heavy atom. The van der Waals surface area contributed by atoms with E-state index in [1.54, 1.807) is 43.3 Å². The maximum Gasteiger partial charge on any atom is 0.264 e. The number of rotatable bonds is 12. The Kier molecular flexibility index (Phi) is 11.4. The lowest BCUT2D eigenvalue weighted by Gasteiger charge is -2.33. The van der Waals surface area contributed by atoms with Crippen LogP contribution in [0.3, 0.4) is 0 Å². The number of ether oxygens (including phenoxy) is 2. The second-order valence-electron chi connectivity index (χ2n) is 11.5. The van der Waals surface area contributed by atoms with Gasteiger partial charge in [0.05, 0.1) is 24.8 Å². The van der Waals surface area contributed by atoms with Crippen LogP contribution in [0.2, 0.25) is 5.02 Å². The smallest absolute Gasteiger partial charge is 0.264 e. The number of nitrogens with zero attached hydrogens (tertiary/aromatic N) is 2. The van der Waals surface area contributed by atoms with Gasteiger partial charge in [-0.3, -0.25) is 13.9 Å². The Morgan fingerprint density at radius 3 is 2.20 bits per heavy atom. The molecule has 4 rings (SSSR count). The van der Waals surface area contributed by atoms with Crippen LogP contribution in [0, 0.1) is 13.8 Å². The minimum atomic E-state index is -4.30. The molecule has 3 aromatic rings. The van der Waals surface area contributed by atoms with E-state index in [1.807, 2.05) is 19.9 Å². The van der Waals surface area contributed by atoms with E-state index in [1.165, 1.54) is 37.3 Å². The highest BCUT2D eigenvalue weighted by Gasteiger charge is 2.34. The third-order valence-corrected chi connectivity index (χ3v) is 10.3. The Balaban J connectivity index is 1.74. The third kappa shape index (κ3) is 8.29. The van der Waals surface area contributed by atoms with Gasteiger partial charge in [-0.05, 0) is 80.6 Å². The van der Waals surface area contributed by atoms with Crippen molar-refractivity contribution in [2.75, 3.05) is 25.1 Å². The highest BCUT2D eigenvalue weighted by Crippen LogP contribution is 2.33. The lowest BCUT2D eigenvalue weighted by atomic mass is 9.95. The number of anilines is 1. The minimum absolute atomic E-state index is 0.0227. The molecule has 45 heavy (non-hydrogen) atoms. The van der Waals surface area contributed by atoms with Gasteiger partial charge in [0.1, 0.15) is 12.6 Å². The number of hydrogen-bond donors (Lipinski definition) is 1. The SMILES string of the molecule is COc1ccc(S(=O)(=O)N(CC(=O)N(Cc2ccccc2Cl)[C@@H](C)C(=O)NC2CCCCC2)c2cc(C)cc(C)c2)cc1OC. The minimum Gasteiger partial charge on any atom is -0.493 e. The summed E-state index contributed by atoms with van der Waals surface area (Å²) in [4.78, 5) is 29.2. The normalized spacial score (nSPS) is 14.4. The quantitative estimate of drug-likeness (QED) is 0.255. The number of carbonyl (C=O) groups is 2. The highest BCUT2D eigenvalue weighted by atomic mass is 35.5. The molecule has 242 valence electrons. The average Bonchev–Trinajstić information content (AvgIpc) is 3.02. The molecular formula is C34H42ClN3O6S. The van der Waals surface area contributed by atoms with Gasteiger partial charge in [0.2, 0.25) is 11.8 Å². The number of hydrogen-bond acceptors (Lipinski definition) is 6. The van der Waals surface area contributed by atoms with Crippen molar-refractivity contribution in [2.24, 2.45) is 0 Å². The molecule has 1 fully saturated rings. The van der Waals surface area contributed by atoms with Gasteiger partial charge in [-0.25, -0.2) is 8.42 Å². The molecule has 0 heterocycles. The van der Waals surface area contributed by atoms with Crippen molar-refractivity contribution in [3.63, 3.8) is 0 Å². The molecule has 1 saturated carbocycles. The molecular weight excluding hydrogens is 614 g/mol. The summed E-state index contributed by atoms with van der Waals surface area (Å²) in [6.07, 6.45) is 5.00. The van der Waals surface area contributed by atoms with E-state index in [4.69, 9.17) is 21.1 Å². The summed E-state index contributed by atoms with van der Waals surface area (Å²) in [5.74, 6) is -0.236. The van der Waals surface area contributed by atoms with Crippen LogP contribution in [-0.4, -0.2) is 58.0 Å². The van der Waals surface area contributed by atoms with Gasteiger partial charge in [0, 0.05) is 23.7 Å². The van der Waals surface area contributed by atoms with Crippen LogP contribution >= 0.6 is 11.6 Å². The number of halogens is 1. The van der Waals surface area contributed by atoms with Crippen molar-refractivity contribution in [2.45, 2.75) is 76.4 Å². The summed E-state index contributed by atoms with van der Waals surface area (Å²) in [6, 6.07) is 15.9. The average molecular weight is 656 g/mol. The molecule has 1 N–H and O–H groups in total.